The first-order chi connectivity index (χ1) is 7.59. The maximum atomic E-state index is 12.4. The highest BCUT2D eigenvalue weighted by Gasteiger charge is 2.36. The van der Waals surface area contributed by atoms with E-state index in [4.69, 9.17) is 5.73 Å². The topological polar surface area (TPSA) is 46.3 Å². The van der Waals surface area contributed by atoms with Gasteiger partial charge in [-0.05, 0) is 52.4 Å². The van der Waals surface area contributed by atoms with E-state index in [9.17, 15) is 4.79 Å². The molecule has 3 heteroatoms. The van der Waals surface area contributed by atoms with Crippen LogP contribution in [0.1, 0.15) is 52.4 Å². The van der Waals surface area contributed by atoms with Crippen LogP contribution in [0.3, 0.4) is 0 Å². The van der Waals surface area contributed by atoms with Gasteiger partial charge in [-0.15, -0.1) is 0 Å². The molecule has 2 rings (SSSR count). The van der Waals surface area contributed by atoms with Gasteiger partial charge in [0, 0.05) is 24.0 Å². The van der Waals surface area contributed by atoms with Gasteiger partial charge in [0.25, 0.3) is 0 Å². The molecule has 2 N–H and O–H groups in total. The van der Waals surface area contributed by atoms with E-state index in [2.05, 4.69) is 18.7 Å². The molecule has 0 spiro atoms. The highest BCUT2D eigenvalue weighted by molar-refractivity contribution is 5.80. The summed E-state index contributed by atoms with van der Waals surface area (Å²) in [5, 5.41) is 0. The first kappa shape index (κ1) is 11.9. The molecule has 4 unspecified atom stereocenters. The molecular weight excluding hydrogens is 200 g/mol. The molecule has 1 aliphatic carbocycles. The molecule has 1 aliphatic heterocycles. The molecule has 2 aliphatic rings. The summed E-state index contributed by atoms with van der Waals surface area (Å²) in [6.07, 6.45) is 6.50. The van der Waals surface area contributed by atoms with Crippen LogP contribution in [0.5, 0.6) is 0 Å². The number of carbonyl (C=O) groups is 1. The van der Waals surface area contributed by atoms with Gasteiger partial charge in [0.1, 0.15) is 0 Å². The summed E-state index contributed by atoms with van der Waals surface area (Å²) in [5.74, 6) is 0.575. The minimum Gasteiger partial charge on any atom is -0.337 e. The first-order valence-electron chi connectivity index (χ1n) is 6.67. The summed E-state index contributed by atoms with van der Waals surface area (Å²) >= 11 is 0. The number of hydrogen-bond donors (Lipinski definition) is 1. The van der Waals surface area contributed by atoms with Crippen molar-refractivity contribution < 1.29 is 4.79 Å². The maximum absolute atomic E-state index is 12.4. The van der Waals surface area contributed by atoms with E-state index in [0.717, 1.165) is 32.1 Å². The molecule has 16 heavy (non-hydrogen) atoms. The SMILES string of the molecule is CC1CCCC(C)N1C(=O)C1CCC(N)C1. The van der Waals surface area contributed by atoms with Gasteiger partial charge >= 0.3 is 0 Å². The van der Waals surface area contributed by atoms with Crippen LogP contribution in [0.15, 0.2) is 0 Å². The van der Waals surface area contributed by atoms with Gasteiger partial charge in [-0.3, -0.25) is 4.79 Å². The Morgan fingerprint density at radius 2 is 1.75 bits per heavy atom. The Bertz CT molecular complexity index is 257. The largest absolute Gasteiger partial charge is 0.337 e. The second-order valence-corrected chi connectivity index (χ2v) is 5.64. The van der Waals surface area contributed by atoms with Crippen LogP contribution in [-0.2, 0) is 4.79 Å². The maximum Gasteiger partial charge on any atom is 0.226 e. The van der Waals surface area contributed by atoms with E-state index in [1.807, 2.05) is 0 Å². The molecule has 1 heterocycles. The van der Waals surface area contributed by atoms with Gasteiger partial charge in [-0.1, -0.05) is 0 Å². The number of nitrogens with two attached hydrogens (primary N) is 1. The van der Waals surface area contributed by atoms with Crippen LogP contribution in [0.2, 0.25) is 0 Å². The van der Waals surface area contributed by atoms with Crippen molar-refractivity contribution in [2.45, 2.75) is 70.5 Å². The second-order valence-electron chi connectivity index (χ2n) is 5.64. The number of rotatable bonds is 1. The van der Waals surface area contributed by atoms with Gasteiger partial charge in [0.05, 0.1) is 0 Å². The van der Waals surface area contributed by atoms with Crippen molar-refractivity contribution in [2.24, 2.45) is 11.7 Å². The lowest BCUT2D eigenvalue weighted by atomic mass is 9.94. The molecule has 92 valence electrons. The predicted octanol–water partition coefficient (Wildman–Crippen LogP) is 1.90. The van der Waals surface area contributed by atoms with E-state index < -0.39 is 0 Å². The number of carbonyl (C=O) groups excluding carboxylic acids is 1. The predicted molar refractivity (Wildman–Crippen MR) is 64.9 cm³/mol. The van der Waals surface area contributed by atoms with Crippen molar-refractivity contribution in [1.29, 1.82) is 0 Å². The average molecular weight is 224 g/mol. The zero-order valence-electron chi connectivity index (χ0n) is 10.5. The van der Waals surface area contributed by atoms with E-state index in [-0.39, 0.29) is 12.0 Å². The minimum absolute atomic E-state index is 0.206. The van der Waals surface area contributed by atoms with Crippen molar-refractivity contribution in [1.82, 2.24) is 4.90 Å². The van der Waals surface area contributed by atoms with Crippen LogP contribution in [0.25, 0.3) is 0 Å². The van der Waals surface area contributed by atoms with E-state index in [1.54, 1.807) is 0 Å². The summed E-state index contributed by atoms with van der Waals surface area (Å²) < 4.78 is 0. The second kappa shape index (κ2) is 4.74. The minimum atomic E-state index is 0.206. The lowest BCUT2D eigenvalue weighted by Gasteiger charge is -2.40. The summed E-state index contributed by atoms with van der Waals surface area (Å²) in [4.78, 5) is 14.6. The highest BCUT2D eigenvalue weighted by Crippen LogP contribution is 2.30. The van der Waals surface area contributed by atoms with E-state index >= 15 is 0 Å². The number of hydrogen-bond acceptors (Lipinski definition) is 2. The van der Waals surface area contributed by atoms with Gasteiger partial charge in [-0.25, -0.2) is 0 Å². The Hall–Kier alpha value is -0.570. The molecule has 2 fully saturated rings. The van der Waals surface area contributed by atoms with Gasteiger partial charge < -0.3 is 10.6 Å². The Kier molecular flexibility index (Phi) is 3.53. The van der Waals surface area contributed by atoms with Crippen molar-refractivity contribution in [3.63, 3.8) is 0 Å². The third-order valence-corrected chi connectivity index (χ3v) is 4.27. The molecule has 4 atom stereocenters. The smallest absolute Gasteiger partial charge is 0.226 e. The Balaban J connectivity index is 2.02. The van der Waals surface area contributed by atoms with E-state index in [1.165, 1.54) is 6.42 Å². The quantitative estimate of drug-likeness (QED) is 0.739. The molecule has 0 aromatic rings. The third kappa shape index (κ3) is 2.24. The molecular formula is C13H24N2O. The lowest BCUT2D eigenvalue weighted by molar-refractivity contribution is -0.141. The van der Waals surface area contributed by atoms with Crippen LogP contribution >= 0.6 is 0 Å². The molecule has 1 saturated carbocycles. The van der Waals surface area contributed by atoms with Gasteiger partial charge in [0.2, 0.25) is 5.91 Å². The van der Waals surface area contributed by atoms with Crippen LogP contribution < -0.4 is 5.73 Å². The van der Waals surface area contributed by atoms with Crippen molar-refractivity contribution >= 4 is 5.91 Å². The fraction of sp³-hybridized carbons (Fsp3) is 0.923. The van der Waals surface area contributed by atoms with Crippen molar-refractivity contribution in [3.8, 4) is 0 Å². The molecule has 1 saturated heterocycles. The van der Waals surface area contributed by atoms with E-state index in [0.29, 0.717) is 18.0 Å². The standard InChI is InChI=1S/C13H24N2O/c1-9-4-3-5-10(2)15(9)13(16)11-6-7-12(14)8-11/h9-12H,3-8,14H2,1-2H3. The summed E-state index contributed by atoms with van der Waals surface area (Å²) in [5.41, 5.74) is 5.89. The van der Waals surface area contributed by atoms with Crippen molar-refractivity contribution in [2.75, 3.05) is 0 Å². The fourth-order valence-corrected chi connectivity index (χ4v) is 3.31. The Morgan fingerprint density at radius 1 is 1.12 bits per heavy atom. The zero-order chi connectivity index (χ0) is 11.7. The molecule has 3 nitrogen and oxygen atoms in total. The normalized spacial score (nSPS) is 40.1. The Morgan fingerprint density at radius 3 is 2.25 bits per heavy atom. The molecule has 1 amide bonds. The van der Waals surface area contributed by atoms with Crippen LogP contribution in [0.4, 0.5) is 0 Å². The number of amides is 1. The number of likely N-dealkylation sites (tertiary alicyclic amines) is 1. The van der Waals surface area contributed by atoms with Crippen LogP contribution in [-0.4, -0.2) is 28.9 Å². The first-order valence-corrected chi connectivity index (χ1v) is 6.67. The van der Waals surface area contributed by atoms with Gasteiger partial charge in [-0.2, -0.15) is 0 Å². The number of nitrogens with zero attached hydrogens (tertiary/aromatic N) is 1. The lowest BCUT2D eigenvalue weighted by Crippen LogP contribution is -2.49. The summed E-state index contributed by atoms with van der Waals surface area (Å²) in [6, 6.07) is 1.10. The molecule has 0 aromatic heterocycles. The fourth-order valence-electron chi connectivity index (χ4n) is 3.31. The van der Waals surface area contributed by atoms with Crippen LogP contribution in [0, 0.1) is 5.92 Å². The summed E-state index contributed by atoms with van der Waals surface area (Å²) in [6.45, 7) is 4.37. The average Bonchev–Trinajstić information content (AvgIpc) is 2.64. The monoisotopic (exact) mass is 224 g/mol. The molecule has 0 radical (unpaired) electrons. The third-order valence-electron chi connectivity index (χ3n) is 4.27. The highest BCUT2D eigenvalue weighted by atomic mass is 16.2. The summed E-state index contributed by atoms with van der Waals surface area (Å²) in [7, 11) is 0. The molecule has 0 aromatic carbocycles. The zero-order valence-corrected chi connectivity index (χ0v) is 10.5. The Labute approximate surface area is 98.4 Å². The number of piperidine rings is 1. The van der Waals surface area contributed by atoms with Crippen molar-refractivity contribution in [3.05, 3.63) is 0 Å². The molecule has 0 bridgehead atoms. The van der Waals surface area contributed by atoms with Gasteiger partial charge in [0.15, 0.2) is 0 Å².